The maximum Gasteiger partial charge on any atom is 0.254 e. The van der Waals surface area contributed by atoms with Crippen LogP contribution in [0.15, 0.2) is 41.0 Å². The smallest absolute Gasteiger partial charge is 0.254 e. The summed E-state index contributed by atoms with van der Waals surface area (Å²) in [4.78, 5) is 19.9. The highest BCUT2D eigenvalue weighted by Crippen LogP contribution is 2.31. The van der Waals surface area contributed by atoms with Crippen LogP contribution >= 0.6 is 24.0 Å². The first-order chi connectivity index (χ1) is 12.6. The normalized spacial score (nSPS) is 14.7. The van der Waals surface area contributed by atoms with Gasteiger partial charge < -0.3 is 14.6 Å². The van der Waals surface area contributed by atoms with Crippen molar-refractivity contribution in [3.63, 3.8) is 0 Å². The van der Waals surface area contributed by atoms with E-state index in [0.29, 0.717) is 28.6 Å². The summed E-state index contributed by atoms with van der Waals surface area (Å²) in [7, 11) is 0. The number of hydrogen-bond donors (Lipinski definition) is 1. The van der Waals surface area contributed by atoms with Crippen molar-refractivity contribution in [1.82, 2.24) is 15.2 Å². The second-order valence-corrected chi connectivity index (χ2v) is 6.90. The molecule has 142 valence electrons. The fraction of sp³-hybridized carbons (Fsp3) is 0.300. The third-order valence-corrected chi connectivity index (χ3v) is 5.21. The highest BCUT2D eigenvalue weighted by molar-refractivity contribution is 6.32. The minimum atomic E-state index is 0. The molecule has 0 saturated carbocycles. The summed E-state index contributed by atoms with van der Waals surface area (Å²) in [5.74, 6) is 0.661. The molecule has 1 amide bonds. The molecule has 27 heavy (non-hydrogen) atoms. The van der Waals surface area contributed by atoms with Crippen LogP contribution in [0, 0.1) is 6.92 Å². The monoisotopic (exact) mass is 405 g/mol. The second kappa shape index (κ2) is 8.30. The van der Waals surface area contributed by atoms with Crippen molar-refractivity contribution in [2.45, 2.75) is 13.3 Å². The molecule has 2 aromatic heterocycles. The summed E-state index contributed by atoms with van der Waals surface area (Å²) in [6.07, 6.45) is 2.55. The fourth-order valence-electron chi connectivity index (χ4n) is 3.35. The number of fused-ring (bicyclic) bond motifs is 1. The number of carbonyl (C=O) groups excluding carboxylic acids is 1. The van der Waals surface area contributed by atoms with Crippen LogP contribution < -0.4 is 5.32 Å². The van der Waals surface area contributed by atoms with Crippen LogP contribution in [-0.2, 0) is 0 Å². The number of halogens is 2. The van der Waals surface area contributed by atoms with Gasteiger partial charge in [0.1, 0.15) is 5.69 Å². The number of nitrogens with one attached hydrogen (secondary N) is 1. The Morgan fingerprint density at radius 2 is 2.11 bits per heavy atom. The number of pyridine rings is 1. The molecule has 1 fully saturated rings. The zero-order chi connectivity index (χ0) is 18.1. The van der Waals surface area contributed by atoms with E-state index in [9.17, 15) is 4.79 Å². The maximum atomic E-state index is 13.3. The zero-order valence-corrected chi connectivity index (χ0v) is 16.6. The van der Waals surface area contributed by atoms with Crippen LogP contribution in [0.1, 0.15) is 22.3 Å². The SMILES string of the molecule is Cc1c(Cl)ccc2c(C(=O)N3CCCNCC3)cc(-c3ccco3)nc12.Cl. The lowest BCUT2D eigenvalue weighted by atomic mass is 10.0. The first-order valence-corrected chi connectivity index (χ1v) is 9.16. The molecule has 0 unspecified atom stereocenters. The highest BCUT2D eigenvalue weighted by atomic mass is 35.5. The van der Waals surface area contributed by atoms with Crippen molar-refractivity contribution >= 4 is 40.8 Å². The summed E-state index contributed by atoms with van der Waals surface area (Å²) < 4.78 is 5.51. The minimum Gasteiger partial charge on any atom is -0.463 e. The van der Waals surface area contributed by atoms with Crippen LogP contribution in [0.3, 0.4) is 0 Å². The Hall–Kier alpha value is -2.08. The lowest BCUT2D eigenvalue weighted by Gasteiger charge is -2.21. The van der Waals surface area contributed by atoms with E-state index in [1.165, 1.54) is 0 Å². The van der Waals surface area contributed by atoms with E-state index in [1.54, 1.807) is 6.26 Å². The molecule has 0 bridgehead atoms. The molecular weight excluding hydrogens is 385 g/mol. The van der Waals surface area contributed by atoms with Gasteiger partial charge in [-0.3, -0.25) is 4.79 Å². The molecule has 3 heterocycles. The lowest BCUT2D eigenvalue weighted by Crippen LogP contribution is -2.34. The van der Waals surface area contributed by atoms with E-state index < -0.39 is 0 Å². The second-order valence-electron chi connectivity index (χ2n) is 6.50. The van der Waals surface area contributed by atoms with Gasteiger partial charge >= 0.3 is 0 Å². The number of hydrogen-bond acceptors (Lipinski definition) is 4. The van der Waals surface area contributed by atoms with E-state index in [0.717, 1.165) is 42.5 Å². The summed E-state index contributed by atoms with van der Waals surface area (Å²) >= 11 is 6.30. The van der Waals surface area contributed by atoms with Crippen molar-refractivity contribution in [2.75, 3.05) is 26.2 Å². The van der Waals surface area contributed by atoms with Gasteiger partial charge in [-0.2, -0.15) is 0 Å². The number of aryl methyl sites for hydroxylation is 1. The van der Waals surface area contributed by atoms with Crippen molar-refractivity contribution in [2.24, 2.45) is 0 Å². The summed E-state index contributed by atoms with van der Waals surface area (Å²) in [6.45, 7) is 5.12. The lowest BCUT2D eigenvalue weighted by molar-refractivity contribution is 0.0768. The third kappa shape index (κ3) is 3.81. The number of furan rings is 1. The predicted molar refractivity (Wildman–Crippen MR) is 110 cm³/mol. The Morgan fingerprint density at radius 1 is 1.26 bits per heavy atom. The Balaban J connectivity index is 0.00000210. The molecule has 1 aromatic carbocycles. The molecular formula is C20H21Cl2N3O2. The molecule has 1 N–H and O–H groups in total. The number of carbonyl (C=O) groups is 1. The molecule has 1 saturated heterocycles. The van der Waals surface area contributed by atoms with Crippen LogP contribution in [0.5, 0.6) is 0 Å². The van der Waals surface area contributed by atoms with E-state index in [-0.39, 0.29) is 18.3 Å². The quantitative estimate of drug-likeness (QED) is 0.689. The topological polar surface area (TPSA) is 58.4 Å². The van der Waals surface area contributed by atoms with Crippen molar-refractivity contribution < 1.29 is 9.21 Å². The van der Waals surface area contributed by atoms with Gasteiger partial charge in [-0.15, -0.1) is 12.4 Å². The van der Waals surface area contributed by atoms with Gasteiger partial charge in [-0.1, -0.05) is 17.7 Å². The van der Waals surface area contributed by atoms with Crippen molar-refractivity contribution in [3.8, 4) is 11.5 Å². The predicted octanol–water partition coefficient (Wildman–Crippen LogP) is 4.31. The fourth-order valence-corrected chi connectivity index (χ4v) is 3.50. The Kier molecular flexibility index (Phi) is 6.05. The zero-order valence-electron chi connectivity index (χ0n) is 15.0. The van der Waals surface area contributed by atoms with Crippen molar-refractivity contribution in [1.29, 1.82) is 0 Å². The Morgan fingerprint density at radius 3 is 2.89 bits per heavy atom. The third-order valence-electron chi connectivity index (χ3n) is 4.80. The number of benzene rings is 1. The van der Waals surface area contributed by atoms with E-state index in [4.69, 9.17) is 21.0 Å². The largest absolute Gasteiger partial charge is 0.463 e. The van der Waals surface area contributed by atoms with Gasteiger partial charge in [-0.05, 0) is 49.7 Å². The highest BCUT2D eigenvalue weighted by Gasteiger charge is 2.22. The number of nitrogens with zero attached hydrogens (tertiary/aromatic N) is 2. The average molecular weight is 406 g/mol. The van der Waals surface area contributed by atoms with Gasteiger partial charge in [0.2, 0.25) is 0 Å². The summed E-state index contributed by atoms with van der Waals surface area (Å²) in [6, 6.07) is 9.20. The maximum absolute atomic E-state index is 13.3. The first kappa shape index (κ1) is 19.7. The van der Waals surface area contributed by atoms with Gasteiger partial charge in [0.25, 0.3) is 5.91 Å². The van der Waals surface area contributed by atoms with Gasteiger partial charge in [0, 0.05) is 30.0 Å². The van der Waals surface area contributed by atoms with Gasteiger partial charge in [0.15, 0.2) is 5.76 Å². The molecule has 0 atom stereocenters. The molecule has 7 heteroatoms. The molecule has 0 radical (unpaired) electrons. The van der Waals surface area contributed by atoms with E-state index >= 15 is 0 Å². The molecule has 1 aliphatic heterocycles. The van der Waals surface area contributed by atoms with E-state index in [2.05, 4.69) is 5.32 Å². The summed E-state index contributed by atoms with van der Waals surface area (Å²) in [5, 5.41) is 4.79. The van der Waals surface area contributed by atoms with Gasteiger partial charge in [0.05, 0.1) is 17.3 Å². The van der Waals surface area contributed by atoms with Crippen LogP contribution in [-0.4, -0.2) is 42.0 Å². The van der Waals surface area contributed by atoms with Crippen LogP contribution in [0.2, 0.25) is 5.02 Å². The molecule has 1 aliphatic rings. The van der Waals surface area contributed by atoms with Crippen LogP contribution in [0.4, 0.5) is 0 Å². The molecule has 0 aliphatic carbocycles. The standard InChI is InChI=1S/C20H20ClN3O2.ClH/c1-13-16(21)6-5-14-15(20(25)24-9-3-7-22-8-10-24)12-17(23-19(13)14)18-4-2-11-26-18;/h2,4-6,11-12,22H,3,7-10H2,1H3;1H. The molecule has 4 rings (SSSR count). The number of amides is 1. The Labute approximate surface area is 169 Å². The number of aromatic nitrogens is 1. The summed E-state index contributed by atoms with van der Waals surface area (Å²) in [5.41, 5.74) is 2.89. The Bertz CT molecular complexity index is 950. The van der Waals surface area contributed by atoms with Crippen LogP contribution in [0.25, 0.3) is 22.4 Å². The molecule has 0 spiro atoms. The number of rotatable bonds is 2. The first-order valence-electron chi connectivity index (χ1n) is 8.79. The molecule has 5 nitrogen and oxygen atoms in total. The average Bonchev–Trinajstić information content (AvgIpc) is 3.06. The molecule has 3 aromatic rings. The van der Waals surface area contributed by atoms with E-state index in [1.807, 2.05) is 42.2 Å². The minimum absolute atomic E-state index is 0. The van der Waals surface area contributed by atoms with Gasteiger partial charge in [-0.25, -0.2) is 4.98 Å². The van der Waals surface area contributed by atoms with Crippen molar-refractivity contribution in [3.05, 3.63) is 52.7 Å².